The number of imidazole rings is 2. The molecule has 9 rings (SSSR count). The van der Waals surface area contributed by atoms with E-state index in [-0.39, 0.29) is 0 Å². The van der Waals surface area contributed by atoms with E-state index < -0.39 is 0 Å². The topological polar surface area (TPSA) is 35.6 Å². The number of benzene rings is 6. The zero-order valence-corrected chi connectivity index (χ0v) is 25.7. The van der Waals surface area contributed by atoms with Gasteiger partial charge in [-0.2, -0.15) is 0 Å². The summed E-state index contributed by atoms with van der Waals surface area (Å²) in [5.41, 5.74) is 11.5. The number of fused-ring (bicyclic) bond motifs is 5. The third-order valence-corrected chi connectivity index (χ3v) is 10.3. The molecule has 5 heteroatoms. The summed E-state index contributed by atoms with van der Waals surface area (Å²) in [5.74, 6) is 1.96. The molecule has 45 heavy (non-hydrogen) atoms. The van der Waals surface area contributed by atoms with E-state index in [1.807, 2.05) is 23.5 Å². The summed E-state index contributed by atoms with van der Waals surface area (Å²) in [6.07, 6.45) is 0. The van der Waals surface area contributed by atoms with E-state index >= 15 is 0 Å². The minimum Gasteiger partial charge on any atom is -0.327 e. The van der Waals surface area contributed by atoms with Crippen molar-refractivity contribution in [3.8, 4) is 45.0 Å². The Bertz CT molecular complexity index is 2370. The molecule has 3 heterocycles. The van der Waals surface area contributed by atoms with Crippen molar-refractivity contribution >= 4 is 53.6 Å². The van der Waals surface area contributed by atoms with E-state index in [0.717, 1.165) is 44.8 Å². The molecule has 0 saturated carbocycles. The van der Waals surface area contributed by atoms with Gasteiger partial charge in [0.2, 0.25) is 0 Å². The molecule has 4 nitrogen and oxygen atoms in total. The minimum absolute atomic E-state index is 0.981. The lowest BCUT2D eigenvalue weighted by molar-refractivity contribution is 0.959. The molecule has 0 spiro atoms. The SMILES string of the molecule is Cn1c(-c2ccc(-c3cccc4c3sc3c(-c5ccc(-c6nc7ccccc7n6C)cc5)cccc34)cc2)nc2ccccc21. The van der Waals surface area contributed by atoms with Gasteiger partial charge in [0.25, 0.3) is 0 Å². The maximum Gasteiger partial charge on any atom is 0.140 e. The molecule has 0 bridgehead atoms. The van der Waals surface area contributed by atoms with Crippen LogP contribution in [0.25, 0.3) is 87.3 Å². The van der Waals surface area contributed by atoms with E-state index in [1.54, 1.807) is 0 Å². The van der Waals surface area contributed by atoms with Crippen molar-refractivity contribution < 1.29 is 0 Å². The smallest absolute Gasteiger partial charge is 0.140 e. The Balaban J connectivity index is 1.10. The third-order valence-electron chi connectivity index (χ3n) is 9.01. The first kappa shape index (κ1) is 25.9. The Labute approximate surface area is 264 Å². The van der Waals surface area contributed by atoms with Crippen LogP contribution in [0.15, 0.2) is 133 Å². The summed E-state index contributed by atoms with van der Waals surface area (Å²) in [6.45, 7) is 0. The lowest BCUT2D eigenvalue weighted by Crippen LogP contribution is -1.92. The molecule has 3 aromatic heterocycles. The molecule has 0 amide bonds. The predicted octanol–water partition coefficient (Wildman–Crippen LogP) is 10.5. The van der Waals surface area contributed by atoms with E-state index in [1.165, 1.54) is 42.4 Å². The lowest BCUT2D eigenvalue weighted by atomic mass is 9.99. The first-order valence-electron chi connectivity index (χ1n) is 15.1. The van der Waals surface area contributed by atoms with Gasteiger partial charge in [-0.15, -0.1) is 11.3 Å². The fourth-order valence-corrected chi connectivity index (χ4v) is 8.05. The monoisotopic (exact) mass is 596 g/mol. The highest BCUT2D eigenvalue weighted by Crippen LogP contribution is 2.44. The number of rotatable bonds is 4. The van der Waals surface area contributed by atoms with Crippen LogP contribution in [0.2, 0.25) is 0 Å². The molecule has 0 unspecified atom stereocenters. The van der Waals surface area contributed by atoms with Gasteiger partial charge in [0.15, 0.2) is 0 Å². The number of nitrogens with zero attached hydrogens (tertiary/aromatic N) is 4. The normalized spacial score (nSPS) is 11.8. The molecule has 0 atom stereocenters. The standard InChI is InChI=1S/C40H28N4S/c1-43-35-15-5-3-13-33(35)41-39(43)27-21-17-25(18-22-27)29-9-7-11-31-32-12-8-10-30(38(32)45-37(29)31)26-19-23-28(24-20-26)40-42-34-14-4-6-16-36(34)44(40)2/h3-24H,1-2H3. The molecule has 0 N–H and O–H groups in total. The number of aryl methyl sites for hydroxylation is 2. The van der Waals surface area contributed by atoms with Crippen LogP contribution in [0.5, 0.6) is 0 Å². The second-order valence-electron chi connectivity index (χ2n) is 11.6. The number of aromatic nitrogens is 4. The van der Waals surface area contributed by atoms with Crippen LogP contribution < -0.4 is 0 Å². The van der Waals surface area contributed by atoms with E-state index in [0.29, 0.717) is 0 Å². The molecule has 0 saturated heterocycles. The van der Waals surface area contributed by atoms with Crippen LogP contribution >= 0.6 is 11.3 Å². The summed E-state index contributed by atoms with van der Waals surface area (Å²) < 4.78 is 6.96. The maximum absolute atomic E-state index is 4.90. The van der Waals surface area contributed by atoms with Crippen LogP contribution in [0.4, 0.5) is 0 Å². The summed E-state index contributed by atoms with van der Waals surface area (Å²) >= 11 is 1.88. The number of thiophene rings is 1. The Hall–Kier alpha value is -5.52. The Kier molecular flexibility index (Phi) is 5.77. The van der Waals surface area contributed by atoms with Gasteiger partial charge in [-0.3, -0.25) is 0 Å². The van der Waals surface area contributed by atoms with Gasteiger partial charge in [-0.25, -0.2) is 9.97 Å². The highest BCUT2D eigenvalue weighted by molar-refractivity contribution is 7.26. The second kappa shape index (κ2) is 10.0. The number of hydrogen-bond donors (Lipinski definition) is 0. The van der Waals surface area contributed by atoms with E-state index in [2.05, 4.69) is 145 Å². The summed E-state index contributed by atoms with van der Waals surface area (Å²) in [6, 6.07) is 47.6. The Morgan fingerprint density at radius 2 is 0.822 bits per heavy atom. The fourth-order valence-electron chi connectivity index (χ4n) is 6.68. The molecule has 0 fully saturated rings. The summed E-state index contributed by atoms with van der Waals surface area (Å²) in [7, 11) is 4.17. The molecule has 9 aromatic rings. The Morgan fingerprint density at radius 1 is 0.422 bits per heavy atom. The first-order chi connectivity index (χ1) is 22.1. The molecule has 0 aliphatic heterocycles. The molecular weight excluding hydrogens is 569 g/mol. The van der Waals surface area contributed by atoms with Crippen molar-refractivity contribution in [2.45, 2.75) is 0 Å². The van der Waals surface area contributed by atoms with Gasteiger partial charge in [0, 0.05) is 45.4 Å². The van der Waals surface area contributed by atoms with Crippen molar-refractivity contribution in [2.75, 3.05) is 0 Å². The van der Waals surface area contributed by atoms with Crippen LogP contribution in [-0.4, -0.2) is 19.1 Å². The van der Waals surface area contributed by atoms with Crippen LogP contribution in [0.1, 0.15) is 0 Å². The second-order valence-corrected chi connectivity index (χ2v) is 12.6. The lowest BCUT2D eigenvalue weighted by Gasteiger charge is -2.06. The highest BCUT2D eigenvalue weighted by atomic mass is 32.1. The van der Waals surface area contributed by atoms with Crippen molar-refractivity contribution in [1.29, 1.82) is 0 Å². The maximum atomic E-state index is 4.90. The molecule has 0 aliphatic carbocycles. The zero-order chi connectivity index (χ0) is 30.1. The van der Waals surface area contributed by atoms with Gasteiger partial charge in [0.1, 0.15) is 11.6 Å². The third kappa shape index (κ3) is 4.05. The number of hydrogen-bond acceptors (Lipinski definition) is 3. The summed E-state index contributed by atoms with van der Waals surface area (Å²) in [5, 5.41) is 2.59. The molecule has 0 aliphatic rings. The van der Waals surface area contributed by atoms with Gasteiger partial charge < -0.3 is 9.13 Å². The van der Waals surface area contributed by atoms with Crippen molar-refractivity contribution in [3.63, 3.8) is 0 Å². The quantitative estimate of drug-likeness (QED) is 0.203. The first-order valence-corrected chi connectivity index (χ1v) is 15.9. The summed E-state index contributed by atoms with van der Waals surface area (Å²) in [4.78, 5) is 9.80. The van der Waals surface area contributed by atoms with Crippen molar-refractivity contribution in [1.82, 2.24) is 19.1 Å². The van der Waals surface area contributed by atoms with E-state index in [4.69, 9.17) is 9.97 Å². The average Bonchev–Trinajstić information content (AvgIpc) is 3.76. The molecule has 6 aromatic carbocycles. The minimum atomic E-state index is 0.981. The van der Waals surface area contributed by atoms with Gasteiger partial charge >= 0.3 is 0 Å². The van der Waals surface area contributed by atoms with Gasteiger partial charge in [-0.05, 0) is 46.5 Å². The van der Waals surface area contributed by atoms with Gasteiger partial charge in [-0.1, -0.05) is 109 Å². The average molecular weight is 597 g/mol. The fraction of sp³-hybridized carbons (Fsp3) is 0.0500. The molecular formula is C40H28N4S. The predicted molar refractivity (Wildman–Crippen MR) is 190 cm³/mol. The van der Waals surface area contributed by atoms with Crippen LogP contribution in [-0.2, 0) is 14.1 Å². The van der Waals surface area contributed by atoms with E-state index in [9.17, 15) is 0 Å². The zero-order valence-electron chi connectivity index (χ0n) is 24.9. The van der Waals surface area contributed by atoms with Gasteiger partial charge in [0.05, 0.1) is 22.1 Å². The number of para-hydroxylation sites is 4. The molecule has 214 valence electrons. The van der Waals surface area contributed by atoms with Crippen molar-refractivity contribution in [3.05, 3.63) is 133 Å². The highest BCUT2D eigenvalue weighted by Gasteiger charge is 2.16. The largest absolute Gasteiger partial charge is 0.327 e. The van der Waals surface area contributed by atoms with Crippen LogP contribution in [0.3, 0.4) is 0 Å². The molecule has 0 radical (unpaired) electrons. The van der Waals surface area contributed by atoms with Crippen LogP contribution in [0, 0.1) is 0 Å². The Morgan fingerprint density at radius 3 is 1.24 bits per heavy atom. The van der Waals surface area contributed by atoms with Crippen molar-refractivity contribution in [2.24, 2.45) is 14.1 Å².